The Kier molecular flexibility index (Phi) is 7.24. The second kappa shape index (κ2) is 9.26. The Morgan fingerprint density at radius 2 is 2.14 bits per heavy atom. The molecule has 1 heterocycles. The number of alkyl halides is 2. The molecule has 1 fully saturated rings. The first-order chi connectivity index (χ1) is 13.6. The van der Waals surface area contributed by atoms with Crippen LogP contribution in [0, 0.1) is 17.2 Å². The lowest BCUT2D eigenvalue weighted by atomic mass is 9.80. The van der Waals surface area contributed by atoms with Crippen molar-refractivity contribution in [2.24, 2.45) is 5.92 Å². The minimum atomic E-state index is -2.87. The summed E-state index contributed by atoms with van der Waals surface area (Å²) in [6, 6.07) is 1.10. The fraction of sp³-hybridized carbons (Fsp3) is 0.458. The molecule has 3 nitrogen and oxygen atoms in total. The average Bonchev–Trinajstić information content (AvgIpc) is 2.98. The third-order valence-electron chi connectivity index (χ3n) is 5.33. The van der Waals surface area contributed by atoms with Crippen LogP contribution in [0.2, 0.25) is 0 Å². The van der Waals surface area contributed by atoms with Gasteiger partial charge in [-0.05, 0) is 42.4 Å². The van der Waals surface area contributed by atoms with Crippen molar-refractivity contribution in [2.75, 3.05) is 13.1 Å². The van der Waals surface area contributed by atoms with Crippen molar-refractivity contribution < 1.29 is 8.78 Å². The number of hydrogen-bond acceptors (Lipinski definition) is 3. The van der Waals surface area contributed by atoms with Gasteiger partial charge in [-0.2, -0.15) is 5.26 Å². The summed E-state index contributed by atoms with van der Waals surface area (Å²) in [6.07, 6.45) is 7.64. The van der Waals surface area contributed by atoms with Gasteiger partial charge in [-0.15, -0.1) is 0 Å². The van der Waals surface area contributed by atoms with Crippen molar-refractivity contribution in [3.05, 3.63) is 71.7 Å². The van der Waals surface area contributed by atoms with Gasteiger partial charge in [0.2, 0.25) is 0 Å². The lowest BCUT2D eigenvalue weighted by Crippen LogP contribution is -2.33. The van der Waals surface area contributed by atoms with E-state index in [1.165, 1.54) is 10.5 Å². The van der Waals surface area contributed by atoms with Gasteiger partial charge >= 0.3 is 0 Å². The maximum absolute atomic E-state index is 13.7. The first-order valence-corrected chi connectivity index (χ1v) is 10.0. The Balaban J connectivity index is 2.22. The maximum Gasteiger partial charge on any atom is 0.268 e. The van der Waals surface area contributed by atoms with E-state index in [0.717, 1.165) is 29.6 Å². The quantitative estimate of drug-likeness (QED) is 0.602. The van der Waals surface area contributed by atoms with Crippen LogP contribution in [0.4, 0.5) is 8.78 Å². The van der Waals surface area contributed by atoms with Crippen LogP contribution in [-0.4, -0.2) is 30.0 Å². The van der Waals surface area contributed by atoms with Crippen LogP contribution in [0.15, 0.2) is 71.7 Å². The first kappa shape index (κ1) is 22.7. The molecule has 0 bridgehead atoms. The summed E-state index contributed by atoms with van der Waals surface area (Å²) < 4.78 is 27.4. The molecule has 1 unspecified atom stereocenters. The number of allylic oxidation sites excluding steroid dienone is 6. The minimum absolute atomic E-state index is 0.245. The molecule has 0 aromatic heterocycles. The molecule has 0 amide bonds. The molecule has 1 aliphatic carbocycles. The predicted octanol–water partition coefficient (Wildman–Crippen LogP) is 5.64. The second-order valence-electron chi connectivity index (χ2n) is 7.98. The summed E-state index contributed by atoms with van der Waals surface area (Å²) in [5.74, 6) is -2.51. The molecule has 1 aliphatic heterocycles. The highest BCUT2D eigenvalue weighted by Gasteiger charge is 2.45. The maximum atomic E-state index is 13.7. The van der Waals surface area contributed by atoms with Crippen LogP contribution in [0.25, 0.3) is 0 Å². The van der Waals surface area contributed by atoms with Crippen molar-refractivity contribution in [3.63, 3.8) is 0 Å². The third kappa shape index (κ3) is 5.26. The molecular formula is C24H31F2N3. The molecule has 1 saturated heterocycles. The summed E-state index contributed by atoms with van der Waals surface area (Å²) >= 11 is 0. The van der Waals surface area contributed by atoms with E-state index < -0.39 is 24.9 Å². The highest BCUT2D eigenvalue weighted by Crippen LogP contribution is 2.37. The standard InChI is InChI=1S/C24H31F2N3/c1-7-9-22(23-17(4)10-8-11-21(23)16(2)3)19(6)28-14-18(5)29-15-24(25,26)12-20(29)13-27/h7,9,11,16,20,28H,4-6,8,10,12,14-15H2,1-3H3/b9-7-,23-22-. The molecule has 156 valence electrons. The van der Waals surface area contributed by atoms with Crippen LogP contribution in [0.3, 0.4) is 0 Å². The fourth-order valence-corrected chi connectivity index (χ4v) is 3.87. The van der Waals surface area contributed by atoms with Gasteiger partial charge in [0.25, 0.3) is 5.92 Å². The Hall–Kier alpha value is -2.61. The van der Waals surface area contributed by atoms with Crippen LogP contribution in [-0.2, 0) is 0 Å². The molecular weight excluding hydrogens is 368 g/mol. The minimum Gasteiger partial charge on any atom is -0.379 e. The zero-order chi connectivity index (χ0) is 21.8. The van der Waals surface area contributed by atoms with Gasteiger partial charge in [0, 0.05) is 23.4 Å². The molecule has 1 atom stereocenters. The monoisotopic (exact) mass is 399 g/mol. The van der Waals surface area contributed by atoms with E-state index in [9.17, 15) is 14.0 Å². The van der Waals surface area contributed by atoms with Crippen molar-refractivity contribution >= 4 is 0 Å². The van der Waals surface area contributed by atoms with Crippen molar-refractivity contribution in [1.82, 2.24) is 10.2 Å². The Labute approximate surface area is 173 Å². The van der Waals surface area contributed by atoms with Gasteiger partial charge in [0.05, 0.1) is 19.2 Å². The van der Waals surface area contributed by atoms with Gasteiger partial charge in [0.1, 0.15) is 6.04 Å². The first-order valence-electron chi connectivity index (χ1n) is 10.0. The number of hydrogen-bond donors (Lipinski definition) is 1. The smallest absolute Gasteiger partial charge is 0.268 e. The molecule has 1 N–H and O–H groups in total. The Morgan fingerprint density at radius 3 is 2.72 bits per heavy atom. The van der Waals surface area contributed by atoms with E-state index >= 15 is 0 Å². The lowest BCUT2D eigenvalue weighted by Gasteiger charge is -2.28. The third-order valence-corrected chi connectivity index (χ3v) is 5.33. The van der Waals surface area contributed by atoms with Gasteiger partial charge in [-0.3, -0.25) is 0 Å². The van der Waals surface area contributed by atoms with E-state index in [1.807, 2.05) is 25.1 Å². The Morgan fingerprint density at radius 1 is 1.45 bits per heavy atom. The van der Waals surface area contributed by atoms with Crippen LogP contribution in [0.5, 0.6) is 0 Å². The highest BCUT2D eigenvalue weighted by molar-refractivity contribution is 5.59. The summed E-state index contributed by atoms with van der Waals surface area (Å²) in [6.45, 7) is 18.4. The number of nitrogens with one attached hydrogen (secondary N) is 1. The van der Waals surface area contributed by atoms with Gasteiger partial charge in [0.15, 0.2) is 0 Å². The summed E-state index contributed by atoms with van der Waals surface area (Å²) in [5.41, 5.74) is 5.54. The normalized spacial score (nSPS) is 23.2. The van der Waals surface area contributed by atoms with Crippen molar-refractivity contribution in [2.45, 2.75) is 52.0 Å². The van der Waals surface area contributed by atoms with Gasteiger partial charge < -0.3 is 10.2 Å². The zero-order valence-corrected chi connectivity index (χ0v) is 17.7. The number of nitrogens with zero attached hydrogens (tertiary/aromatic N) is 2. The molecule has 29 heavy (non-hydrogen) atoms. The number of rotatable bonds is 7. The van der Waals surface area contributed by atoms with Crippen LogP contribution < -0.4 is 5.32 Å². The summed E-state index contributed by atoms with van der Waals surface area (Å²) in [7, 11) is 0. The second-order valence-corrected chi connectivity index (χ2v) is 7.98. The fourth-order valence-electron chi connectivity index (χ4n) is 3.87. The van der Waals surface area contributed by atoms with Crippen molar-refractivity contribution in [1.29, 1.82) is 5.26 Å². The highest BCUT2D eigenvalue weighted by atomic mass is 19.3. The predicted molar refractivity (Wildman–Crippen MR) is 115 cm³/mol. The summed E-state index contributed by atoms with van der Waals surface area (Å²) in [5, 5.41) is 12.4. The van der Waals surface area contributed by atoms with Crippen LogP contribution >= 0.6 is 0 Å². The summed E-state index contributed by atoms with van der Waals surface area (Å²) in [4.78, 5) is 1.39. The SMILES string of the molecule is C=C(NCC(=C)N1CC(F)(F)CC1C#N)C(/C=C\C)=C1/C(=C)CCC=C1C(C)C. The zero-order valence-electron chi connectivity index (χ0n) is 17.7. The number of halogens is 2. The van der Waals surface area contributed by atoms with E-state index in [2.05, 4.69) is 45.0 Å². The van der Waals surface area contributed by atoms with Gasteiger partial charge in [-0.1, -0.05) is 51.8 Å². The number of likely N-dealkylation sites (tertiary alicyclic amines) is 1. The molecule has 0 aromatic carbocycles. The van der Waals surface area contributed by atoms with E-state index in [4.69, 9.17) is 0 Å². The number of nitriles is 1. The van der Waals surface area contributed by atoms with E-state index in [1.54, 1.807) is 0 Å². The Bertz CT molecular complexity index is 822. The molecule has 0 radical (unpaired) electrons. The largest absolute Gasteiger partial charge is 0.379 e. The molecule has 2 rings (SSSR count). The topological polar surface area (TPSA) is 39.1 Å². The molecule has 0 saturated carbocycles. The molecule has 5 heteroatoms. The molecule has 0 spiro atoms. The van der Waals surface area contributed by atoms with Gasteiger partial charge in [-0.25, -0.2) is 8.78 Å². The van der Waals surface area contributed by atoms with E-state index in [0.29, 0.717) is 17.3 Å². The van der Waals surface area contributed by atoms with Crippen LogP contribution in [0.1, 0.15) is 40.0 Å². The van der Waals surface area contributed by atoms with Crippen molar-refractivity contribution in [3.8, 4) is 6.07 Å². The molecule has 2 aliphatic rings. The lowest BCUT2D eigenvalue weighted by molar-refractivity contribution is 0.0147. The molecule has 0 aromatic rings. The average molecular weight is 400 g/mol. The van der Waals surface area contributed by atoms with E-state index in [-0.39, 0.29) is 6.54 Å².